The van der Waals surface area contributed by atoms with E-state index in [-0.39, 0.29) is 12.8 Å². The van der Waals surface area contributed by atoms with Crippen molar-refractivity contribution >= 4 is 5.69 Å². The molecule has 1 aromatic carbocycles. The highest BCUT2D eigenvalue weighted by molar-refractivity contribution is 5.56. The molecule has 0 amide bonds. The predicted octanol–water partition coefficient (Wildman–Crippen LogP) is 3.79. The summed E-state index contributed by atoms with van der Waals surface area (Å²) in [6.07, 6.45) is 0. The fourth-order valence-corrected chi connectivity index (χ4v) is 1.15. The first-order chi connectivity index (χ1) is 6.53. The number of benzene rings is 1. The van der Waals surface area contributed by atoms with Crippen molar-refractivity contribution < 1.29 is 4.74 Å². The summed E-state index contributed by atoms with van der Waals surface area (Å²) in [6, 6.07) is 7.98. The molecule has 2 nitrogen and oxygen atoms in total. The first-order valence-electron chi connectivity index (χ1n) is 4.90. The molecule has 0 aliphatic heterocycles. The lowest BCUT2D eigenvalue weighted by molar-refractivity contribution is 0.412. The second-order valence-electron chi connectivity index (χ2n) is 4.61. The number of hydrogen-bond acceptors (Lipinski definition) is 2. The number of hydrogen-bond donors (Lipinski definition) is 1. The van der Waals surface area contributed by atoms with Crippen LogP contribution in [-0.4, -0.2) is 13.7 Å². The third kappa shape index (κ3) is 4.73. The zero-order chi connectivity index (χ0) is 10.6. The number of anilines is 1. The monoisotopic (exact) mass is 209 g/mol. The van der Waals surface area contributed by atoms with Crippen molar-refractivity contribution in [3.8, 4) is 5.75 Å². The minimum absolute atomic E-state index is 0. The first-order valence-corrected chi connectivity index (χ1v) is 4.90. The molecule has 0 saturated carbocycles. The van der Waals surface area contributed by atoms with Crippen LogP contribution in [0.3, 0.4) is 0 Å². The summed E-state index contributed by atoms with van der Waals surface area (Å²) in [5, 5.41) is 3.38. The molecule has 0 unspecified atom stereocenters. The van der Waals surface area contributed by atoms with Gasteiger partial charge in [0, 0.05) is 6.54 Å². The van der Waals surface area contributed by atoms with E-state index in [0.29, 0.717) is 0 Å². The Labute approximate surface area is 93.7 Å². The summed E-state index contributed by atoms with van der Waals surface area (Å²) in [5.74, 6) is 0.900. The molecule has 0 spiro atoms. The molecule has 1 rings (SSSR count). The topological polar surface area (TPSA) is 21.3 Å². The summed E-state index contributed by atoms with van der Waals surface area (Å²) in [5.41, 5.74) is 1.34. The van der Waals surface area contributed by atoms with Gasteiger partial charge in [-0.15, -0.1) is 0 Å². The Morgan fingerprint density at radius 3 is 2.33 bits per heavy atom. The lowest BCUT2D eigenvalue weighted by Gasteiger charge is -2.20. The molecule has 1 N–H and O–H groups in total. The molecule has 0 saturated heterocycles. The number of ether oxygens (including phenoxy) is 1. The molecular formula is C13H23NO. The van der Waals surface area contributed by atoms with Crippen molar-refractivity contribution in [2.24, 2.45) is 5.41 Å². The largest absolute Gasteiger partial charge is 0.495 e. The van der Waals surface area contributed by atoms with Gasteiger partial charge in [0.15, 0.2) is 0 Å². The van der Waals surface area contributed by atoms with Gasteiger partial charge in [-0.05, 0) is 17.5 Å². The minimum atomic E-state index is 0. The fourth-order valence-electron chi connectivity index (χ4n) is 1.15. The second-order valence-corrected chi connectivity index (χ2v) is 4.61. The molecule has 0 heterocycles. The molecule has 0 aromatic heterocycles. The van der Waals surface area contributed by atoms with Gasteiger partial charge in [0.05, 0.1) is 12.8 Å². The summed E-state index contributed by atoms with van der Waals surface area (Å²) >= 11 is 0. The summed E-state index contributed by atoms with van der Waals surface area (Å²) in [7, 11) is 1.69. The zero-order valence-electron chi connectivity index (χ0n) is 9.42. The average molecular weight is 209 g/mol. The summed E-state index contributed by atoms with van der Waals surface area (Å²) < 4.78 is 5.25. The lowest BCUT2D eigenvalue weighted by Crippen LogP contribution is -2.19. The number of methoxy groups -OCH3 is 1. The van der Waals surface area contributed by atoms with E-state index < -0.39 is 0 Å². The van der Waals surface area contributed by atoms with Gasteiger partial charge >= 0.3 is 0 Å². The van der Waals surface area contributed by atoms with Crippen molar-refractivity contribution in [2.75, 3.05) is 19.0 Å². The van der Waals surface area contributed by atoms with Crippen LogP contribution in [0.2, 0.25) is 0 Å². The van der Waals surface area contributed by atoms with Crippen molar-refractivity contribution in [3.63, 3.8) is 0 Å². The van der Waals surface area contributed by atoms with E-state index in [1.54, 1.807) is 7.11 Å². The highest BCUT2D eigenvalue weighted by Crippen LogP contribution is 2.24. The summed E-state index contributed by atoms with van der Waals surface area (Å²) in [4.78, 5) is 0. The molecule has 2 heteroatoms. The number of nitrogens with one attached hydrogen (secondary N) is 1. The SMILES string of the molecule is C.COc1ccccc1NCC(C)(C)C. The van der Waals surface area contributed by atoms with Crippen LogP contribution in [0.5, 0.6) is 5.75 Å². The van der Waals surface area contributed by atoms with Crippen molar-refractivity contribution in [1.29, 1.82) is 0 Å². The second kappa shape index (κ2) is 5.64. The van der Waals surface area contributed by atoms with Gasteiger partial charge in [0.1, 0.15) is 5.75 Å². The normalized spacial score (nSPS) is 10.4. The van der Waals surface area contributed by atoms with Crippen LogP contribution in [0.15, 0.2) is 24.3 Å². The molecule has 86 valence electrons. The average Bonchev–Trinajstić information content (AvgIpc) is 2.14. The molecule has 0 aliphatic carbocycles. The van der Waals surface area contributed by atoms with E-state index in [0.717, 1.165) is 18.0 Å². The van der Waals surface area contributed by atoms with Gasteiger partial charge in [-0.3, -0.25) is 0 Å². The first kappa shape index (κ1) is 13.8. The smallest absolute Gasteiger partial charge is 0.141 e. The minimum Gasteiger partial charge on any atom is -0.495 e. The van der Waals surface area contributed by atoms with E-state index >= 15 is 0 Å². The van der Waals surface area contributed by atoms with E-state index in [4.69, 9.17) is 4.74 Å². The maximum Gasteiger partial charge on any atom is 0.141 e. The maximum absolute atomic E-state index is 5.25. The van der Waals surface area contributed by atoms with E-state index in [9.17, 15) is 0 Å². The molecule has 0 fully saturated rings. The molecule has 0 aliphatic rings. The van der Waals surface area contributed by atoms with E-state index in [2.05, 4.69) is 26.1 Å². The molecule has 15 heavy (non-hydrogen) atoms. The van der Waals surface area contributed by atoms with Crippen molar-refractivity contribution in [3.05, 3.63) is 24.3 Å². The lowest BCUT2D eigenvalue weighted by atomic mass is 9.97. The van der Waals surface area contributed by atoms with E-state index in [1.165, 1.54) is 0 Å². The highest BCUT2D eigenvalue weighted by Gasteiger charge is 2.10. The van der Waals surface area contributed by atoms with Crippen LogP contribution < -0.4 is 10.1 Å². The van der Waals surface area contributed by atoms with Gasteiger partial charge in [-0.1, -0.05) is 40.3 Å². The van der Waals surface area contributed by atoms with Crippen LogP contribution in [0.4, 0.5) is 5.69 Å². The van der Waals surface area contributed by atoms with Gasteiger partial charge in [0.25, 0.3) is 0 Å². The molecular weight excluding hydrogens is 186 g/mol. The Bertz CT molecular complexity index is 289. The summed E-state index contributed by atoms with van der Waals surface area (Å²) in [6.45, 7) is 7.55. The highest BCUT2D eigenvalue weighted by atomic mass is 16.5. The van der Waals surface area contributed by atoms with Crippen LogP contribution in [0.1, 0.15) is 28.2 Å². The van der Waals surface area contributed by atoms with Crippen molar-refractivity contribution in [1.82, 2.24) is 0 Å². The van der Waals surface area contributed by atoms with Gasteiger partial charge in [-0.25, -0.2) is 0 Å². The van der Waals surface area contributed by atoms with E-state index in [1.807, 2.05) is 24.3 Å². The van der Waals surface area contributed by atoms with Crippen LogP contribution in [0.25, 0.3) is 0 Å². The standard InChI is InChI=1S/C12H19NO.CH4/c1-12(2,3)9-13-10-7-5-6-8-11(10)14-4;/h5-8,13H,9H2,1-4H3;1H4. The van der Waals surface area contributed by atoms with Gasteiger partial charge in [0.2, 0.25) is 0 Å². The number of rotatable bonds is 3. The fraction of sp³-hybridized carbons (Fsp3) is 0.538. The maximum atomic E-state index is 5.25. The Morgan fingerprint density at radius 2 is 1.80 bits per heavy atom. The third-order valence-electron chi connectivity index (χ3n) is 1.92. The zero-order valence-corrected chi connectivity index (χ0v) is 9.42. The molecule has 0 radical (unpaired) electrons. The van der Waals surface area contributed by atoms with Crippen LogP contribution in [-0.2, 0) is 0 Å². The van der Waals surface area contributed by atoms with Crippen molar-refractivity contribution in [2.45, 2.75) is 28.2 Å². The van der Waals surface area contributed by atoms with Gasteiger partial charge < -0.3 is 10.1 Å². The molecule has 0 atom stereocenters. The molecule has 0 bridgehead atoms. The predicted molar refractivity (Wildman–Crippen MR) is 67.7 cm³/mol. The Morgan fingerprint density at radius 1 is 1.20 bits per heavy atom. The van der Waals surface area contributed by atoms with Crippen LogP contribution in [0, 0.1) is 5.41 Å². The quantitative estimate of drug-likeness (QED) is 0.817. The Kier molecular flexibility index (Phi) is 5.20. The molecule has 1 aromatic rings. The Balaban J connectivity index is 0.00000196. The number of para-hydroxylation sites is 2. The van der Waals surface area contributed by atoms with Crippen LogP contribution >= 0.6 is 0 Å². The third-order valence-corrected chi connectivity index (χ3v) is 1.92. The van der Waals surface area contributed by atoms with Gasteiger partial charge in [-0.2, -0.15) is 0 Å². The Hall–Kier alpha value is -1.18.